The Labute approximate surface area is 143 Å². The van der Waals surface area contributed by atoms with Crippen LogP contribution in [0.1, 0.15) is 37.0 Å². The number of fused-ring (bicyclic) bond motifs is 1. The Morgan fingerprint density at radius 1 is 1.21 bits per heavy atom. The van der Waals surface area contributed by atoms with Crippen molar-refractivity contribution < 1.29 is 14.3 Å². The van der Waals surface area contributed by atoms with Crippen molar-refractivity contribution in [3.05, 3.63) is 54.1 Å². The monoisotopic (exact) mass is 325 g/mol. The van der Waals surface area contributed by atoms with Crippen LogP contribution in [-0.4, -0.2) is 25.2 Å². The number of carbonyl (C=O) groups excluding carboxylic acids is 1. The fourth-order valence-electron chi connectivity index (χ4n) is 2.77. The molecule has 0 N–H and O–H groups in total. The van der Waals surface area contributed by atoms with Gasteiger partial charge in [-0.1, -0.05) is 25.5 Å². The molecule has 1 aliphatic rings. The zero-order chi connectivity index (χ0) is 16.9. The highest BCUT2D eigenvalue weighted by Gasteiger charge is 2.27. The highest BCUT2D eigenvalue weighted by atomic mass is 16.5. The second kappa shape index (κ2) is 7.39. The fraction of sp³-hybridized carbons (Fsp3) is 0.350. The summed E-state index contributed by atoms with van der Waals surface area (Å²) in [7, 11) is 0. The summed E-state index contributed by atoms with van der Waals surface area (Å²) in [4.78, 5) is 14.7. The van der Waals surface area contributed by atoms with Crippen molar-refractivity contribution in [3.8, 4) is 11.5 Å². The van der Waals surface area contributed by atoms with E-state index in [2.05, 4.69) is 6.92 Å². The molecule has 0 aliphatic carbocycles. The molecule has 1 amide bonds. The maximum absolute atomic E-state index is 12.9. The molecule has 3 rings (SSSR count). The molecule has 1 atom stereocenters. The van der Waals surface area contributed by atoms with Crippen LogP contribution in [0.25, 0.3) is 0 Å². The summed E-state index contributed by atoms with van der Waals surface area (Å²) in [5.41, 5.74) is 1.48. The minimum atomic E-state index is -0.0273. The lowest BCUT2D eigenvalue weighted by Crippen LogP contribution is -2.42. The number of rotatable bonds is 5. The number of unbranched alkanes of at least 4 members (excludes halogenated alkanes) is 1. The van der Waals surface area contributed by atoms with Crippen LogP contribution in [0.15, 0.2) is 48.5 Å². The molecule has 0 bridgehead atoms. The number of benzene rings is 2. The number of anilines is 1. The van der Waals surface area contributed by atoms with Crippen LogP contribution in [0.3, 0.4) is 0 Å². The highest BCUT2D eigenvalue weighted by molar-refractivity contribution is 6.07. The second-order valence-corrected chi connectivity index (χ2v) is 6.04. The normalized spacial score (nSPS) is 16.2. The van der Waals surface area contributed by atoms with Gasteiger partial charge in [0.1, 0.15) is 17.6 Å². The first-order chi connectivity index (χ1) is 11.7. The molecule has 0 spiro atoms. The Bertz CT molecular complexity index is 696. The smallest absolute Gasteiger partial charge is 0.258 e. The Balaban J connectivity index is 1.77. The standard InChI is InChI=1S/C20H23NO3/c1-3-4-13-23-17-11-9-16(10-12-17)20(22)21-14-15(2)24-19-8-6-5-7-18(19)21/h5-12,15H,3-4,13-14H2,1-2H3. The van der Waals surface area contributed by atoms with Gasteiger partial charge in [-0.05, 0) is 49.7 Å². The zero-order valence-electron chi connectivity index (χ0n) is 14.2. The van der Waals surface area contributed by atoms with Crippen LogP contribution < -0.4 is 14.4 Å². The van der Waals surface area contributed by atoms with Gasteiger partial charge in [0.05, 0.1) is 18.8 Å². The third-order valence-electron chi connectivity index (χ3n) is 4.04. The molecule has 4 heteroatoms. The van der Waals surface area contributed by atoms with Gasteiger partial charge in [0, 0.05) is 5.56 Å². The van der Waals surface area contributed by atoms with E-state index in [1.807, 2.05) is 55.5 Å². The van der Waals surface area contributed by atoms with E-state index in [1.165, 1.54) is 0 Å². The molecule has 1 unspecified atom stereocenters. The van der Waals surface area contributed by atoms with Crippen molar-refractivity contribution in [2.45, 2.75) is 32.8 Å². The first-order valence-electron chi connectivity index (χ1n) is 8.49. The predicted octanol–water partition coefficient (Wildman–Crippen LogP) is 4.29. The Morgan fingerprint density at radius 3 is 2.71 bits per heavy atom. The van der Waals surface area contributed by atoms with E-state index >= 15 is 0 Å². The van der Waals surface area contributed by atoms with Crippen LogP contribution in [0.4, 0.5) is 5.69 Å². The molecule has 0 radical (unpaired) electrons. The van der Waals surface area contributed by atoms with Gasteiger partial charge >= 0.3 is 0 Å². The zero-order valence-corrected chi connectivity index (χ0v) is 14.2. The molecular weight excluding hydrogens is 302 g/mol. The first kappa shape index (κ1) is 16.4. The van der Waals surface area contributed by atoms with Gasteiger partial charge in [0.2, 0.25) is 0 Å². The van der Waals surface area contributed by atoms with E-state index in [-0.39, 0.29) is 12.0 Å². The summed E-state index contributed by atoms with van der Waals surface area (Å²) >= 11 is 0. The fourth-order valence-corrected chi connectivity index (χ4v) is 2.77. The molecule has 2 aromatic carbocycles. The second-order valence-electron chi connectivity index (χ2n) is 6.04. The summed E-state index contributed by atoms with van der Waals surface area (Å²) in [5.74, 6) is 1.54. The molecule has 0 aromatic heterocycles. The number of amides is 1. The van der Waals surface area contributed by atoms with Crippen molar-refractivity contribution in [2.75, 3.05) is 18.1 Å². The molecule has 24 heavy (non-hydrogen) atoms. The van der Waals surface area contributed by atoms with E-state index in [0.29, 0.717) is 18.7 Å². The van der Waals surface area contributed by atoms with Gasteiger partial charge in [-0.3, -0.25) is 4.79 Å². The highest BCUT2D eigenvalue weighted by Crippen LogP contribution is 2.34. The number of hydrogen-bond acceptors (Lipinski definition) is 3. The molecule has 2 aromatic rings. The van der Waals surface area contributed by atoms with Crippen LogP contribution in [-0.2, 0) is 0 Å². The van der Waals surface area contributed by atoms with E-state index in [0.717, 1.165) is 30.0 Å². The first-order valence-corrected chi connectivity index (χ1v) is 8.49. The average Bonchev–Trinajstić information content (AvgIpc) is 2.61. The molecule has 4 nitrogen and oxygen atoms in total. The largest absolute Gasteiger partial charge is 0.494 e. The van der Waals surface area contributed by atoms with Gasteiger partial charge in [-0.25, -0.2) is 0 Å². The number of carbonyl (C=O) groups is 1. The maximum Gasteiger partial charge on any atom is 0.258 e. The summed E-state index contributed by atoms with van der Waals surface area (Å²) in [5, 5.41) is 0. The molecule has 1 aliphatic heterocycles. The topological polar surface area (TPSA) is 38.8 Å². The van der Waals surface area contributed by atoms with Crippen molar-refractivity contribution in [3.63, 3.8) is 0 Å². The summed E-state index contributed by atoms with van der Waals surface area (Å²) < 4.78 is 11.5. The van der Waals surface area contributed by atoms with E-state index in [4.69, 9.17) is 9.47 Å². The Kier molecular flexibility index (Phi) is 5.04. The Morgan fingerprint density at radius 2 is 1.96 bits per heavy atom. The van der Waals surface area contributed by atoms with E-state index < -0.39 is 0 Å². The molecule has 0 saturated carbocycles. The van der Waals surface area contributed by atoms with Gasteiger partial charge in [0.15, 0.2) is 0 Å². The van der Waals surface area contributed by atoms with Gasteiger partial charge in [-0.2, -0.15) is 0 Å². The van der Waals surface area contributed by atoms with Crippen LogP contribution in [0, 0.1) is 0 Å². The molecule has 126 valence electrons. The number of hydrogen-bond donors (Lipinski definition) is 0. The lowest BCUT2D eigenvalue weighted by molar-refractivity contribution is 0.0961. The number of ether oxygens (including phenoxy) is 2. The molecular formula is C20H23NO3. The predicted molar refractivity (Wildman–Crippen MR) is 95.1 cm³/mol. The lowest BCUT2D eigenvalue weighted by atomic mass is 10.1. The number of nitrogens with zero attached hydrogens (tertiary/aromatic N) is 1. The van der Waals surface area contributed by atoms with E-state index in [9.17, 15) is 4.79 Å². The van der Waals surface area contributed by atoms with Gasteiger partial charge in [0.25, 0.3) is 5.91 Å². The van der Waals surface area contributed by atoms with Crippen LogP contribution in [0.5, 0.6) is 11.5 Å². The lowest BCUT2D eigenvalue weighted by Gasteiger charge is -2.33. The third kappa shape index (κ3) is 3.53. The van der Waals surface area contributed by atoms with Crippen molar-refractivity contribution in [1.82, 2.24) is 0 Å². The molecule has 1 heterocycles. The third-order valence-corrected chi connectivity index (χ3v) is 4.04. The average molecular weight is 325 g/mol. The quantitative estimate of drug-likeness (QED) is 0.770. The van der Waals surface area contributed by atoms with Crippen LogP contribution >= 0.6 is 0 Å². The minimum Gasteiger partial charge on any atom is -0.494 e. The van der Waals surface area contributed by atoms with Crippen molar-refractivity contribution in [1.29, 1.82) is 0 Å². The van der Waals surface area contributed by atoms with Crippen LogP contribution in [0.2, 0.25) is 0 Å². The molecule has 0 fully saturated rings. The Hall–Kier alpha value is -2.49. The minimum absolute atomic E-state index is 0.0160. The maximum atomic E-state index is 12.9. The summed E-state index contributed by atoms with van der Waals surface area (Å²) in [6.45, 7) is 5.36. The van der Waals surface area contributed by atoms with Crippen molar-refractivity contribution in [2.24, 2.45) is 0 Å². The van der Waals surface area contributed by atoms with E-state index in [1.54, 1.807) is 4.90 Å². The van der Waals surface area contributed by atoms with Gasteiger partial charge in [-0.15, -0.1) is 0 Å². The SMILES string of the molecule is CCCCOc1ccc(C(=O)N2CC(C)Oc3ccccc32)cc1. The van der Waals surface area contributed by atoms with Gasteiger partial charge < -0.3 is 14.4 Å². The number of para-hydroxylation sites is 2. The summed E-state index contributed by atoms with van der Waals surface area (Å²) in [6, 6.07) is 15.0. The summed E-state index contributed by atoms with van der Waals surface area (Å²) in [6.07, 6.45) is 2.11. The van der Waals surface area contributed by atoms with Crippen molar-refractivity contribution >= 4 is 11.6 Å². The molecule has 0 saturated heterocycles.